The van der Waals surface area contributed by atoms with Gasteiger partial charge in [0.1, 0.15) is 5.76 Å². The molecule has 2 heterocycles. The van der Waals surface area contributed by atoms with Crippen molar-refractivity contribution in [2.45, 2.75) is 45.8 Å². The summed E-state index contributed by atoms with van der Waals surface area (Å²) >= 11 is 0. The van der Waals surface area contributed by atoms with Crippen molar-refractivity contribution >= 4 is 11.8 Å². The molecule has 0 aromatic carbocycles. The first kappa shape index (κ1) is 10.8. The van der Waals surface area contributed by atoms with Crippen LogP contribution in [-0.4, -0.2) is 17.5 Å². The summed E-state index contributed by atoms with van der Waals surface area (Å²) in [5, 5.41) is 0. The smallest absolute Gasteiger partial charge is 0.310 e. The Morgan fingerprint density at radius 2 is 1.82 bits per heavy atom. The van der Waals surface area contributed by atoms with E-state index in [0.29, 0.717) is 12.0 Å². The van der Waals surface area contributed by atoms with E-state index in [9.17, 15) is 9.59 Å². The monoisotopic (exact) mass is 236 g/mol. The summed E-state index contributed by atoms with van der Waals surface area (Å²) in [7, 11) is 0. The van der Waals surface area contributed by atoms with Gasteiger partial charge in [-0.1, -0.05) is 13.8 Å². The second kappa shape index (κ2) is 2.92. The number of carbonyl (C=O) groups excluding carboxylic acids is 2. The van der Waals surface area contributed by atoms with E-state index in [-0.39, 0.29) is 29.5 Å². The van der Waals surface area contributed by atoms with Gasteiger partial charge in [-0.15, -0.1) is 0 Å². The molecule has 0 N–H and O–H groups in total. The Morgan fingerprint density at radius 1 is 1.12 bits per heavy atom. The van der Waals surface area contributed by atoms with Crippen LogP contribution < -0.4 is 0 Å². The van der Waals surface area contributed by atoms with Crippen molar-refractivity contribution < 1.29 is 19.1 Å². The molecule has 0 aromatic rings. The van der Waals surface area contributed by atoms with Crippen molar-refractivity contribution in [3.8, 4) is 0 Å². The maximum atomic E-state index is 12.2. The van der Waals surface area contributed by atoms with Crippen LogP contribution in [0.1, 0.15) is 40.0 Å². The molecule has 2 atom stereocenters. The fourth-order valence-corrected chi connectivity index (χ4v) is 3.15. The number of carbonyl (C=O) groups is 2. The lowest BCUT2D eigenvalue weighted by atomic mass is 9.73. The third-order valence-electron chi connectivity index (χ3n) is 3.87. The molecule has 0 aromatic heterocycles. The summed E-state index contributed by atoms with van der Waals surface area (Å²) < 4.78 is 11.0. The van der Waals surface area contributed by atoms with Gasteiger partial charge in [-0.25, -0.2) is 0 Å². The van der Waals surface area contributed by atoms with E-state index in [1.165, 1.54) is 0 Å². The standard InChI is InChI=1S/C13H16O4/c1-12(2)5-8(14)11-7-4-10(15)17-13(7,3)16-9(11)6-12/h7H,4-6H2,1-3H3. The van der Waals surface area contributed by atoms with Gasteiger partial charge >= 0.3 is 5.97 Å². The molecule has 0 amide bonds. The van der Waals surface area contributed by atoms with Gasteiger partial charge in [0.25, 0.3) is 5.79 Å². The summed E-state index contributed by atoms with van der Waals surface area (Å²) in [5.41, 5.74) is 0.646. The lowest BCUT2D eigenvalue weighted by Gasteiger charge is -2.29. The maximum absolute atomic E-state index is 12.2. The van der Waals surface area contributed by atoms with Crippen LogP contribution in [-0.2, 0) is 19.1 Å². The summed E-state index contributed by atoms with van der Waals surface area (Å²) in [5.74, 6) is -0.553. The molecule has 2 aliphatic heterocycles. The molecule has 92 valence electrons. The van der Waals surface area contributed by atoms with Crippen LogP contribution in [0.5, 0.6) is 0 Å². The molecule has 0 radical (unpaired) electrons. The topological polar surface area (TPSA) is 52.6 Å². The minimum atomic E-state index is -0.933. The molecule has 3 aliphatic rings. The lowest BCUT2D eigenvalue weighted by Crippen LogP contribution is -2.31. The molecule has 0 saturated carbocycles. The first-order valence-corrected chi connectivity index (χ1v) is 5.98. The van der Waals surface area contributed by atoms with E-state index in [0.717, 1.165) is 12.2 Å². The van der Waals surface area contributed by atoms with E-state index >= 15 is 0 Å². The Kier molecular flexibility index (Phi) is 1.86. The number of hydrogen-bond donors (Lipinski definition) is 0. The summed E-state index contributed by atoms with van der Waals surface area (Å²) in [6.07, 6.45) is 1.54. The molecule has 0 spiro atoms. The Bertz CT molecular complexity index is 460. The molecule has 4 nitrogen and oxygen atoms in total. The van der Waals surface area contributed by atoms with Gasteiger partial charge in [-0.3, -0.25) is 9.59 Å². The van der Waals surface area contributed by atoms with E-state index < -0.39 is 5.79 Å². The Labute approximate surface area is 100.0 Å². The maximum Gasteiger partial charge on any atom is 0.310 e. The van der Waals surface area contributed by atoms with Crippen molar-refractivity contribution in [1.82, 2.24) is 0 Å². The van der Waals surface area contributed by atoms with E-state index in [4.69, 9.17) is 9.47 Å². The lowest BCUT2D eigenvalue weighted by molar-refractivity contribution is -0.189. The SMILES string of the molecule is CC1(C)CC(=O)C2=C(C1)OC1(C)OC(=O)CC21. The normalized spacial score (nSPS) is 38.6. The Balaban J connectivity index is 2.02. The van der Waals surface area contributed by atoms with Crippen molar-refractivity contribution in [2.24, 2.45) is 11.3 Å². The fourth-order valence-electron chi connectivity index (χ4n) is 3.15. The van der Waals surface area contributed by atoms with Crippen LogP contribution in [0.25, 0.3) is 0 Å². The second-order valence-electron chi connectivity index (χ2n) is 6.13. The number of hydrogen-bond acceptors (Lipinski definition) is 4. The van der Waals surface area contributed by atoms with E-state index in [1.807, 2.05) is 0 Å². The van der Waals surface area contributed by atoms with Gasteiger partial charge in [0.15, 0.2) is 5.78 Å². The highest BCUT2D eigenvalue weighted by Crippen LogP contribution is 2.53. The zero-order chi connectivity index (χ0) is 12.4. The first-order valence-electron chi connectivity index (χ1n) is 5.98. The van der Waals surface area contributed by atoms with Gasteiger partial charge in [0.05, 0.1) is 12.3 Å². The number of allylic oxidation sites excluding steroid dienone is 1. The molecule has 0 bridgehead atoms. The molecular weight excluding hydrogens is 220 g/mol. The molecular formula is C13H16O4. The Morgan fingerprint density at radius 3 is 2.53 bits per heavy atom. The summed E-state index contributed by atoms with van der Waals surface area (Å²) in [4.78, 5) is 23.5. The predicted octanol–water partition coefficient (Wildman–Crippen LogP) is 1.94. The molecule has 2 unspecified atom stereocenters. The zero-order valence-electron chi connectivity index (χ0n) is 10.3. The third-order valence-corrected chi connectivity index (χ3v) is 3.87. The van der Waals surface area contributed by atoms with E-state index in [2.05, 4.69) is 13.8 Å². The minimum absolute atomic E-state index is 0.0606. The number of fused-ring (bicyclic) bond motifs is 2. The van der Waals surface area contributed by atoms with Crippen LogP contribution in [0.4, 0.5) is 0 Å². The van der Waals surface area contributed by atoms with Gasteiger partial charge in [0, 0.05) is 25.3 Å². The molecule has 1 saturated heterocycles. The highest BCUT2D eigenvalue weighted by molar-refractivity contribution is 5.99. The molecule has 4 heteroatoms. The predicted molar refractivity (Wildman–Crippen MR) is 58.7 cm³/mol. The van der Waals surface area contributed by atoms with Crippen LogP contribution in [0.2, 0.25) is 0 Å². The highest BCUT2D eigenvalue weighted by Gasteiger charge is 2.58. The Hall–Kier alpha value is -1.32. The first-order chi connectivity index (χ1) is 7.81. The van der Waals surface area contributed by atoms with Gasteiger partial charge in [-0.05, 0) is 5.41 Å². The van der Waals surface area contributed by atoms with Crippen molar-refractivity contribution in [1.29, 1.82) is 0 Å². The number of esters is 1. The van der Waals surface area contributed by atoms with Crippen LogP contribution in [0.15, 0.2) is 11.3 Å². The molecule has 17 heavy (non-hydrogen) atoms. The van der Waals surface area contributed by atoms with Gasteiger partial charge in [-0.2, -0.15) is 0 Å². The molecule has 3 rings (SSSR count). The summed E-state index contributed by atoms with van der Waals surface area (Å²) in [6.45, 7) is 5.86. The molecule has 1 fully saturated rings. The van der Waals surface area contributed by atoms with Gasteiger partial charge in [0.2, 0.25) is 0 Å². The second-order valence-corrected chi connectivity index (χ2v) is 6.13. The summed E-state index contributed by atoms with van der Waals surface area (Å²) in [6, 6.07) is 0. The van der Waals surface area contributed by atoms with Crippen LogP contribution >= 0.6 is 0 Å². The third kappa shape index (κ3) is 1.43. The highest BCUT2D eigenvalue weighted by atomic mass is 16.7. The quantitative estimate of drug-likeness (QED) is 0.603. The molecule has 1 aliphatic carbocycles. The average Bonchev–Trinajstić information content (AvgIpc) is 2.49. The number of ketones is 1. The van der Waals surface area contributed by atoms with E-state index in [1.54, 1.807) is 6.92 Å². The fraction of sp³-hybridized carbons (Fsp3) is 0.692. The average molecular weight is 236 g/mol. The number of Topliss-reactive ketones (excluding diaryl/α,β-unsaturated/α-hetero) is 1. The van der Waals surface area contributed by atoms with Crippen LogP contribution in [0, 0.1) is 11.3 Å². The van der Waals surface area contributed by atoms with Crippen molar-refractivity contribution in [3.05, 3.63) is 11.3 Å². The number of ether oxygens (including phenoxy) is 2. The largest absolute Gasteiger partial charge is 0.456 e. The van der Waals surface area contributed by atoms with Crippen molar-refractivity contribution in [3.63, 3.8) is 0 Å². The minimum Gasteiger partial charge on any atom is -0.456 e. The van der Waals surface area contributed by atoms with Crippen LogP contribution in [0.3, 0.4) is 0 Å². The number of rotatable bonds is 0. The van der Waals surface area contributed by atoms with Crippen molar-refractivity contribution in [2.75, 3.05) is 0 Å². The zero-order valence-corrected chi connectivity index (χ0v) is 10.3. The van der Waals surface area contributed by atoms with Gasteiger partial charge < -0.3 is 9.47 Å².